The van der Waals surface area contributed by atoms with Crippen molar-refractivity contribution in [3.8, 4) is 0 Å². The smallest absolute Gasteiger partial charge is 0.259 e. The van der Waals surface area contributed by atoms with E-state index in [-0.39, 0.29) is 12.5 Å². The fraction of sp³-hybridized carbons (Fsp3) is 0.680. The van der Waals surface area contributed by atoms with E-state index < -0.39 is 8.07 Å². The van der Waals surface area contributed by atoms with Crippen molar-refractivity contribution in [2.45, 2.75) is 83.0 Å². The summed E-state index contributed by atoms with van der Waals surface area (Å²) in [5.41, 5.74) is 2.68. The molecule has 5 rings (SSSR count). The summed E-state index contributed by atoms with van der Waals surface area (Å²) in [7, 11) is -1.12. The van der Waals surface area contributed by atoms with Gasteiger partial charge in [-0.3, -0.25) is 4.79 Å². The first-order valence-electron chi connectivity index (χ1n) is 12.6. The van der Waals surface area contributed by atoms with Gasteiger partial charge in [-0.2, -0.15) is 0 Å². The topological polar surface area (TPSA) is 70.8 Å². The van der Waals surface area contributed by atoms with Gasteiger partial charge in [-0.25, -0.2) is 4.98 Å². The molecule has 2 saturated carbocycles. The highest BCUT2D eigenvalue weighted by atomic mass is 28.3. The van der Waals surface area contributed by atoms with Crippen LogP contribution in [0.3, 0.4) is 0 Å². The van der Waals surface area contributed by atoms with Crippen LogP contribution >= 0.6 is 0 Å². The van der Waals surface area contributed by atoms with Gasteiger partial charge in [-0.05, 0) is 56.6 Å². The summed E-state index contributed by atoms with van der Waals surface area (Å²) >= 11 is 0. The minimum absolute atomic E-state index is 0.126. The van der Waals surface area contributed by atoms with Crippen LogP contribution in [0.4, 0.5) is 5.69 Å². The number of carbonyl (C=O) groups excluding carboxylic acids is 1. The van der Waals surface area contributed by atoms with Gasteiger partial charge in [0.25, 0.3) is 5.91 Å². The zero-order chi connectivity index (χ0) is 23.2. The molecule has 0 unspecified atom stereocenters. The molecule has 7 nitrogen and oxygen atoms in total. The summed E-state index contributed by atoms with van der Waals surface area (Å²) in [5, 5.41) is 10.6. The van der Waals surface area contributed by atoms with Crippen molar-refractivity contribution in [3.63, 3.8) is 0 Å². The molecule has 0 bridgehead atoms. The Hall–Kier alpha value is -1.90. The average Bonchev–Trinajstić information content (AvgIpc) is 3.56. The van der Waals surface area contributed by atoms with Crippen molar-refractivity contribution >= 4 is 30.7 Å². The zero-order valence-corrected chi connectivity index (χ0v) is 21.3. The third-order valence-corrected chi connectivity index (χ3v) is 9.28. The highest BCUT2D eigenvalue weighted by molar-refractivity contribution is 6.76. The van der Waals surface area contributed by atoms with E-state index in [0.717, 1.165) is 73.5 Å². The fourth-order valence-corrected chi connectivity index (χ4v) is 6.05. The second-order valence-corrected chi connectivity index (χ2v) is 17.0. The quantitative estimate of drug-likeness (QED) is 0.461. The van der Waals surface area contributed by atoms with E-state index in [1.54, 1.807) is 6.20 Å². The van der Waals surface area contributed by atoms with E-state index in [4.69, 9.17) is 9.72 Å². The van der Waals surface area contributed by atoms with E-state index in [2.05, 4.69) is 40.1 Å². The minimum atomic E-state index is -1.12. The molecule has 2 aromatic rings. The summed E-state index contributed by atoms with van der Waals surface area (Å²) in [6.07, 6.45) is 10.3. The van der Waals surface area contributed by atoms with Crippen LogP contribution in [-0.2, 0) is 11.5 Å². The first-order valence-corrected chi connectivity index (χ1v) is 16.3. The van der Waals surface area contributed by atoms with Crippen LogP contribution in [-0.4, -0.2) is 65.5 Å². The largest absolute Gasteiger partial charge is 0.396 e. The second kappa shape index (κ2) is 9.04. The summed E-state index contributed by atoms with van der Waals surface area (Å²) < 4.78 is 8.06. The molecule has 1 N–H and O–H groups in total. The number of nitrogens with zero attached hydrogens (tertiary/aromatic N) is 4. The molecule has 0 aromatic carbocycles. The Morgan fingerprint density at radius 3 is 2.45 bits per heavy atom. The molecule has 0 spiro atoms. The van der Waals surface area contributed by atoms with Crippen molar-refractivity contribution < 1.29 is 14.6 Å². The van der Waals surface area contributed by atoms with Gasteiger partial charge >= 0.3 is 0 Å². The minimum Gasteiger partial charge on any atom is -0.396 e. The molecule has 33 heavy (non-hydrogen) atoms. The standard InChI is InChI=1S/C25H38N4O3Si/c1-33(2,3)13-12-32-17-27-11-10-21-23-22(14-26-24(21)27)25(31)29(20-8-9-20)16-28(23)19-6-4-18(15-30)5-7-19/h10-11,14,18-20,30H,4-9,12-13,15-17H2,1-3H3. The van der Waals surface area contributed by atoms with Crippen LogP contribution in [0, 0.1) is 5.92 Å². The molecule has 2 fully saturated rings. The van der Waals surface area contributed by atoms with Gasteiger partial charge in [-0.1, -0.05) is 19.6 Å². The highest BCUT2D eigenvalue weighted by Crippen LogP contribution is 2.42. The van der Waals surface area contributed by atoms with Crippen LogP contribution in [0.25, 0.3) is 11.0 Å². The molecule has 1 aliphatic heterocycles. The summed E-state index contributed by atoms with van der Waals surface area (Å²) in [4.78, 5) is 22.6. The maximum atomic E-state index is 13.4. The SMILES string of the molecule is C[Si](C)(C)CCOCn1ccc2c3c(cnc21)C(=O)N(C1CC1)CN3C1CCC(CO)CC1. The van der Waals surface area contributed by atoms with Crippen LogP contribution in [0.2, 0.25) is 25.7 Å². The number of rotatable bonds is 8. The first-order chi connectivity index (χ1) is 15.9. The maximum Gasteiger partial charge on any atom is 0.259 e. The van der Waals surface area contributed by atoms with Crippen LogP contribution in [0.15, 0.2) is 18.5 Å². The number of carbonyl (C=O) groups is 1. The molecular formula is C25H38N4O3Si. The number of hydrogen-bond acceptors (Lipinski definition) is 5. The molecule has 0 radical (unpaired) electrons. The Labute approximate surface area is 197 Å². The number of fused-ring (bicyclic) bond motifs is 3. The van der Waals surface area contributed by atoms with E-state index in [1.807, 2.05) is 6.20 Å². The molecule has 0 saturated heterocycles. The fourth-order valence-electron chi connectivity index (χ4n) is 5.29. The van der Waals surface area contributed by atoms with Gasteiger partial charge in [0, 0.05) is 51.2 Å². The van der Waals surface area contributed by atoms with Crippen molar-refractivity contribution in [2.75, 3.05) is 24.8 Å². The van der Waals surface area contributed by atoms with E-state index in [9.17, 15) is 9.90 Å². The third kappa shape index (κ3) is 4.70. The van der Waals surface area contributed by atoms with Crippen molar-refractivity contribution in [1.82, 2.24) is 14.5 Å². The van der Waals surface area contributed by atoms with Gasteiger partial charge in [-0.15, -0.1) is 0 Å². The van der Waals surface area contributed by atoms with Gasteiger partial charge in [0.1, 0.15) is 12.4 Å². The lowest BCUT2D eigenvalue weighted by Crippen LogP contribution is -2.52. The number of hydrogen-bond donors (Lipinski definition) is 1. The Kier molecular flexibility index (Phi) is 6.26. The van der Waals surface area contributed by atoms with Crippen LogP contribution in [0.5, 0.6) is 0 Å². The number of aliphatic hydroxyl groups excluding tert-OH is 1. The van der Waals surface area contributed by atoms with Crippen molar-refractivity contribution in [2.24, 2.45) is 5.92 Å². The maximum absolute atomic E-state index is 13.4. The van der Waals surface area contributed by atoms with E-state index in [0.29, 0.717) is 31.4 Å². The molecule has 2 aliphatic carbocycles. The predicted octanol–water partition coefficient (Wildman–Crippen LogP) is 4.28. The summed E-state index contributed by atoms with van der Waals surface area (Å²) in [6.45, 7) is 9.30. The lowest BCUT2D eigenvalue weighted by Gasteiger charge is -2.45. The van der Waals surface area contributed by atoms with Crippen LogP contribution < -0.4 is 4.90 Å². The monoisotopic (exact) mass is 470 g/mol. The number of amides is 1. The number of ether oxygens (including phenoxy) is 1. The second-order valence-electron chi connectivity index (χ2n) is 11.4. The van der Waals surface area contributed by atoms with E-state index in [1.165, 1.54) is 0 Å². The first kappa shape index (κ1) is 22.9. The Balaban J connectivity index is 1.44. The predicted molar refractivity (Wildman–Crippen MR) is 133 cm³/mol. The normalized spacial score (nSPS) is 23.9. The molecular weight excluding hydrogens is 432 g/mol. The molecule has 8 heteroatoms. The van der Waals surface area contributed by atoms with Gasteiger partial charge in [0.2, 0.25) is 0 Å². The Morgan fingerprint density at radius 1 is 1.09 bits per heavy atom. The van der Waals surface area contributed by atoms with Crippen molar-refractivity contribution in [1.29, 1.82) is 0 Å². The Morgan fingerprint density at radius 2 is 1.79 bits per heavy atom. The summed E-state index contributed by atoms with van der Waals surface area (Å²) in [6, 6.07) is 4.02. The van der Waals surface area contributed by atoms with Crippen LogP contribution in [0.1, 0.15) is 48.9 Å². The van der Waals surface area contributed by atoms with Crippen molar-refractivity contribution in [3.05, 3.63) is 24.0 Å². The summed E-state index contributed by atoms with van der Waals surface area (Å²) in [5.74, 6) is 0.542. The molecule has 0 atom stereocenters. The number of pyridine rings is 1. The van der Waals surface area contributed by atoms with Gasteiger partial charge in [0.15, 0.2) is 0 Å². The molecule has 1 amide bonds. The lowest BCUT2D eigenvalue weighted by atomic mass is 9.85. The van der Waals surface area contributed by atoms with Gasteiger partial charge < -0.3 is 24.2 Å². The molecule has 180 valence electrons. The average molecular weight is 471 g/mol. The zero-order valence-electron chi connectivity index (χ0n) is 20.3. The number of aliphatic hydroxyl groups is 1. The van der Waals surface area contributed by atoms with Gasteiger partial charge in [0.05, 0.1) is 17.9 Å². The Bertz CT molecular complexity index is 1000. The number of anilines is 1. The lowest BCUT2D eigenvalue weighted by molar-refractivity contribution is 0.0717. The third-order valence-electron chi connectivity index (χ3n) is 7.57. The molecule has 2 aromatic heterocycles. The highest BCUT2D eigenvalue weighted by Gasteiger charge is 2.42. The number of aromatic nitrogens is 2. The molecule has 3 heterocycles. The molecule has 3 aliphatic rings. The van der Waals surface area contributed by atoms with E-state index >= 15 is 0 Å².